The summed E-state index contributed by atoms with van der Waals surface area (Å²) in [6, 6.07) is 14.6. The monoisotopic (exact) mass is 543 g/mol. The van der Waals surface area contributed by atoms with Crippen molar-refractivity contribution in [2.45, 2.75) is 76.9 Å². The number of benzene rings is 2. The van der Waals surface area contributed by atoms with E-state index in [1.807, 2.05) is 30.3 Å². The topological polar surface area (TPSA) is 82.7 Å². The van der Waals surface area contributed by atoms with Crippen molar-refractivity contribution in [2.24, 2.45) is 16.6 Å². The molecule has 0 spiro atoms. The SMILES string of the molecule is CC1CCC(N=C(Nc2ccc(C(CC(N)=O)c3ccc(Cl)cc3Cl)cc2)N2C[C@@H](C)N[C@@H](C)C2)CC1. The Morgan fingerprint density at radius 1 is 1.05 bits per heavy atom. The minimum absolute atomic E-state index is 0.164. The summed E-state index contributed by atoms with van der Waals surface area (Å²) in [7, 11) is 0. The van der Waals surface area contributed by atoms with Crippen molar-refractivity contribution in [3.63, 3.8) is 0 Å². The maximum atomic E-state index is 11.9. The average Bonchev–Trinajstić information content (AvgIpc) is 2.84. The number of rotatable bonds is 6. The summed E-state index contributed by atoms with van der Waals surface area (Å²) >= 11 is 12.6. The summed E-state index contributed by atoms with van der Waals surface area (Å²) < 4.78 is 0. The number of amides is 1. The predicted molar refractivity (Wildman–Crippen MR) is 155 cm³/mol. The number of carbonyl (C=O) groups is 1. The van der Waals surface area contributed by atoms with Gasteiger partial charge in [-0.25, -0.2) is 4.99 Å². The summed E-state index contributed by atoms with van der Waals surface area (Å²) in [6.07, 6.45) is 4.91. The Balaban J connectivity index is 1.58. The van der Waals surface area contributed by atoms with E-state index in [0.29, 0.717) is 28.2 Å². The van der Waals surface area contributed by atoms with E-state index in [4.69, 9.17) is 33.9 Å². The molecule has 3 atom stereocenters. The third kappa shape index (κ3) is 7.62. The van der Waals surface area contributed by atoms with Crippen LogP contribution in [0.5, 0.6) is 0 Å². The summed E-state index contributed by atoms with van der Waals surface area (Å²) in [4.78, 5) is 19.5. The van der Waals surface area contributed by atoms with Gasteiger partial charge < -0.3 is 21.3 Å². The number of hydrogen-bond donors (Lipinski definition) is 3. The van der Waals surface area contributed by atoms with Crippen LogP contribution in [0.4, 0.5) is 5.69 Å². The van der Waals surface area contributed by atoms with Crippen LogP contribution in [0.2, 0.25) is 10.0 Å². The summed E-state index contributed by atoms with van der Waals surface area (Å²) in [6.45, 7) is 8.60. The second kappa shape index (κ2) is 12.5. The van der Waals surface area contributed by atoms with Crippen LogP contribution in [-0.4, -0.2) is 48.0 Å². The van der Waals surface area contributed by atoms with Gasteiger partial charge in [-0.05, 0) is 80.8 Å². The van der Waals surface area contributed by atoms with Crippen molar-refractivity contribution < 1.29 is 4.79 Å². The lowest BCUT2D eigenvalue weighted by Gasteiger charge is -2.38. The highest BCUT2D eigenvalue weighted by Crippen LogP contribution is 2.35. The lowest BCUT2D eigenvalue weighted by Crippen LogP contribution is -2.57. The van der Waals surface area contributed by atoms with Crippen LogP contribution in [0.25, 0.3) is 0 Å². The van der Waals surface area contributed by atoms with Gasteiger partial charge in [-0.3, -0.25) is 4.79 Å². The van der Waals surface area contributed by atoms with Gasteiger partial charge >= 0.3 is 0 Å². The Labute approximate surface area is 231 Å². The average molecular weight is 545 g/mol. The maximum absolute atomic E-state index is 11.9. The quantitative estimate of drug-likeness (QED) is 0.306. The van der Waals surface area contributed by atoms with E-state index in [9.17, 15) is 4.79 Å². The van der Waals surface area contributed by atoms with Crippen LogP contribution in [-0.2, 0) is 4.79 Å². The van der Waals surface area contributed by atoms with Gasteiger partial charge in [0, 0.05) is 53.2 Å². The smallest absolute Gasteiger partial charge is 0.218 e. The Hall–Kier alpha value is -2.28. The van der Waals surface area contributed by atoms with Crippen LogP contribution >= 0.6 is 23.2 Å². The molecule has 2 aliphatic rings. The van der Waals surface area contributed by atoms with Crippen molar-refractivity contribution >= 4 is 40.8 Å². The number of nitrogens with two attached hydrogens (primary N) is 1. The third-order valence-electron chi connectivity index (χ3n) is 7.46. The van der Waals surface area contributed by atoms with E-state index in [1.54, 1.807) is 12.1 Å². The highest BCUT2D eigenvalue weighted by Gasteiger charge is 2.26. The van der Waals surface area contributed by atoms with Crippen LogP contribution in [0, 0.1) is 5.92 Å². The minimum atomic E-state index is -0.378. The number of anilines is 1. The second-order valence-electron chi connectivity index (χ2n) is 10.9. The number of nitrogens with one attached hydrogen (secondary N) is 2. The van der Waals surface area contributed by atoms with E-state index in [1.165, 1.54) is 12.8 Å². The highest BCUT2D eigenvalue weighted by atomic mass is 35.5. The molecule has 0 radical (unpaired) electrons. The van der Waals surface area contributed by atoms with Crippen LogP contribution in [0.1, 0.15) is 69.9 Å². The minimum Gasteiger partial charge on any atom is -0.370 e. The molecule has 1 saturated heterocycles. The molecule has 8 heteroatoms. The molecule has 37 heavy (non-hydrogen) atoms. The largest absolute Gasteiger partial charge is 0.370 e. The van der Waals surface area contributed by atoms with E-state index in [-0.39, 0.29) is 18.2 Å². The van der Waals surface area contributed by atoms with Gasteiger partial charge in [0.05, 0.1) is 6.04 Å². The number of nitrogens with zero attached hydrogens (tertiary/aromatic N) is 2. The molecule has 1 saturated carbocycles. The molecule has 4 N–H and O–H groups in total. The van der Waals surface area contributed by atoms with E-state index < -0.39 is 0 Å². The molecular weight excluding hydrogens is 505 g/mol. The van der Waals surface area contributed by atoms with Gasteiger partial charge in [0.15, 0.2) is 5.96 Å². The van der Waals surface area contributed by atoms with Gasteiger partial charge in [0.25, 0.3) is 0 Å². The van der Waals surface area contributed by atoms with Crippen molar-refractivity contribution in [3.8, 4) is 0 Å². The number of guanidine groups is 1. The number of halogens is 2. The van der Waals surface area contributed by atoms with E-state index >= 15 is 0 Å². The molecule has 1 heterocycles. The van der Waals surface area contributed by atoms with Crippen molar-refractivity contribution in [1.29, 1.82) is 0 Å². The Morgan fingerprint density at radius 3 is 2.30 bits per heavy atom. The molecule has 1 amide bonds. The molecule has 1 aliphatic carbocycles. The molecule has 1 aliphatic heterocycles. The van der Waals surface area contributed by atoms with Crippen molar-refractivity contribution in [2.75, 3.05) is 18.4 Å². The first-order valence-corrected chi connectivity index (χ1v) is 14.1. The molecule has 2 fully saturated rings. The van der Waals surface area contributed by atoms with Crippen LogP contribution in [0.3, 0.4) is 0 Å². The fourth-order valence-corrected chi connectivity index (χ4v) is 6.10. The summed E-state index contributed by atoms with van der Waals surface area (Å²) in [5.41, 5.74) is 8.37. The zero-order valence-corrected chi connectivity index (χ0v) is 23.5. The predicted octanol–water partition coefficient (Wildman–Crippen LogP) is 6.03. The normalized spacial score (nSPS) is 25.5. The Morgan fingerprint density at radius 2 is 1.70 bits per heavy atom. The third-order valence-corrected chi connectivity index (χ3v) is 8.02. The van der Waals surface area contributed by atoms with Gasteiger partial charge in [0.2, 0.25) is 5.91 Å². The molecular formula is C29H39Cl2N5O. The van der Waals surface area contributed by atoms with Crippen LogP contribution < -0.4 is 16.4 Å². The number of carbonyl (C=O) groups excluding carboxylic acids is 1. The highest BCUT2D eigenvalue weighted by molar-refractivity contribution is 6.35. The first kappa shape index (κ1) is 27.7. The standard InChI is InChI=1S/C29H39Cl2N5O/c1-18-4-9-23(10-5-18)34-29(36-16-19(2)33-20(3)17-36)35-24-11-6-21(7-12-24)26(15-28(32)37)25-13-8-22(30)14-27(25)31/h6-8,11-14,18-20,23,26,33H,4-5,9-10,15-17H2,1-3H3,(H2,32,37)(H,34,35)/t18?,19-,20+,23?,26?. The zero-order valence-electron chi connectivity index (χ0n) is 22.0. The molecule has 6 nitrogen and oxygen atoms in total. The molecule has 0 aromatic heterocycles. The van der Waals surface area contributed by atoms with Gasteiger partial charge in [-0.15, -0.1) is 0 Å². The van der Waals surface area contributed by atoms with Gasteiger partial charge in [-0.1, -0.05) is 48.3 Å². The molecule has 4 rings (SSSR count). The molecule has 1 unspecified atom stereocenters. The molecule has 2 aromatic rings. The second-order valence-corrected chi connectivity index (χ2v) is 11.7. The zero-order chi connectivity index (χ0) is 26.5. The molecule has 2 aromatic carbocycles. The number of primary amides is 1. The Bertz CT molecular complexity index is 1090. The molecule has 0 bridgehead atoms. The first-order valence-electron chi connectivity index (χ1n) is 13.4. The summed E-state index contributed by atoms with van der Waals surface area (Å²) in [5, 5.41) is 8.33. The van der Waals surface area contributed by atoms with Crippen molar-refractivity contribution in [1.82, 2.24) is 10.2 Å². The fourth-order valence-electron chi connectivity index (χ4n) is 5.56. The lowest BCUT2D eigenvalue weighted by molar-refractivity contribution is -0.118. The van der Waals surface area contributed by atoms with Gasteiger partial charge in [0.1, 0.15) is 0 Å². The summed E-state index contributed by atoms with van der Waals surface area (Å²) in [5.74, 6) is 1.11. The van der Waals surface area contributed by atoms with Crippen LogP contribution in [0.15, 0.2) is 47.5 Å². The first-order chi connectivity index (χ1) is 17.7. The number of piperazine rings is 1. The number of hydrogen-bond acceptors (Lipinski definition) is 3. The fraction of sp³-hybridized carbons (Fsp3) is 0.517. The number of aliphatic imine (C=N–C) groups is 1. The Kier molecular flexibility index (Phi) is 9.38. The lowest BCUT2D eigenvalue weighted by atomic mass is 9.88. The van der Waals surface area contributed by atoms with Crippen molar-refractivity contribution in [3.05, 3.63) is 63.6 Å². The van der Waals surface area contributed by atoms with E-state index in [0.717, 1.165) is 54.6 Å². The maximum Gasteiger partial charge on any atom is 0.218 e. The van der Waals surface area contributed by atoms with Gasteiger partial charge in [-0.2, -0.15) is 0 Å². The van der Waals surface area contributed by atoms with E-state index in [2.05, 4.69) is 36.3 Å². The molecule has 200 valence electrons.